The number of nitrogens with one attached hydrogen (secondary N) is 1. The summed E-state index contributed by atoms with van der Waals surface area (Å²) < 4.78 is 38.9. The zero-order valence-corrected chi connectivity index (χ0v) is 20.3. The van der Waals surface area contributed by atoms with Crippen LogP contribution in [0.1, 0.15) is 40.5 Å². The molecule has 1 saturated heterocycles. The number of thioether (sulfide) groups is 1. The molecule has 1 aliphatic heterocycles. The Kier molecular flexibility index (Phi) is 8.76. The van der Waals surface area contributed by atoms with Gasteiger partial charge in [-0.15, -0.1) is 11.8 Å². The zero-order chi connectivity index (χ0) is 23.8. The molecule has 0 aromatic heterocycles. The van der Waals surface area contributed by atoms with Crippen molar-refractivity contribution in [1.82, 2.24) is 4.90 Å². The van der Waals surface area contributed by atoms with Gasteiger partial charge in [0.05, 0.1) is 35.8 Å². The third kappa shape index (κ3) is 6.49. The molecule has 0 saturated carbocycles. The number of sulfonamides is 1. The molecule has 0 bridgehead atoms. The van der Waals surface area contributed by atoms with Crippen LogP contribution in [-0.4, -0.2) is 64.4 Å². The quantitative estimate of drug-likeness (QED) is 0.324. The lowest BCUT2D eigenvalue weighted by atomic mass is 10.2. The minimum atomic E-state index is -3.95. The molecule has 8 nitrogen and oxygen atoms in total. The van der Waals surface area contributed by atoms with Crippen molar-refractivity contribution < 1.29 is 27.5 Å². The first kappa shape index (κ1) is 25.1. The first-order valence-electron chi connectivity index (χ1n) is 10.7. The molecule has 1 fully saturated rings. The van der Waals surface area contributed by atoms with E-state index in [0.717, 1.165) is 12.8 Å². The highest BCUT2D eigenvalue weighted by molar-refractivity contribution is 7.98. The number of anilines is 1. The number of hydrogen-bond acceptors (Lipinski definition) is 7. The Hall–Kier alpha value is -2.56. The number of morpholine rings is 1. The van der Waals surface area contributed by atoms with Crippen molar-refractivity contribution in [3.05, 3.63) is 53.6 Å². The number of ether oxygens (including phenoxy) is 2. The standard InChI is InChI=1S/C23H28N2O6S2/c1-3-4-13-31-23(27)17-5-7-18(8-6-17)24-33(28,29)19-9-10-21(32-2)20(16-19)22(26)25-11-14-30-15-12-25/h5-10,16,24H,3-4,11-15H2,1-2H3. The smallest absolute Gasteiger partial charge is 0.338 e. The van der Waals surface area contributed by atoms with Gasteiger partial charge < -0.3 is 14.4 Å². The van der Waals surface area contributed by atoms with E-state index in [-0.39, 0.29) is 10.8 Å². The molecule has 0 spiro atoms. The summed E-state index contributed by atoms with van der Waals surface area (Å²) in [6.07, 6.45) is 3.55. The molecule has 0 atom stereocenters. The number of carbonyl (C=O) groups is 2. The minimum Gasteiger partial charge on any atom is -0.462 e. The number of amides is 1. The zero-order valence-electron chi connectivity index (χ0n) is 18.7. The molecule has 1 amide bonds. The van der Waals surface area contributed by atoms with Gasteiger partial charge in [0.1, 0.15) is 0 Å². The third-order valence-electron chi connectivity index (χ3n) is 5.11. The fourth-order valence-corrected chi connectivity index (χ4v) is 4.89. The molecule has 1 heterocycles. The average molecular weight is 493 g/mol. The van der Waals surface area contributed by atoms with E-state index in [4.69, 9.17) is 9.47 Å². The molecule has 178 valence electrons. The van der Waals surface area contributed by atoms with Gasteiger partial charge in [0.25, 0.3) is 15.9 Å². The Morgan fingerprint density at radius 3 is 2.45 bits per heavy atom. The number of carbonyl (C=O) groups excluding carboxylic acids is 2. The third-order valence-corrected chi connectivity index (χ3v) is 7.29. The Balaban J connectivity index is 1.77. The average Bonchev–Trinajstić information content (AvgIpc) is 2.84. The second-order valence-electron chi connectivity index (χ2n) is 7.44. The maximum absolute atomic E-state index is 13.0. The molecule has 3 rings (SSSR count). The van der Waals surface area contributed by atoms with Crippen LogP contribution in [0.3, 0.4) is 0 Å². The predicted molar refractivity (Wildman–Crippen MR) is 127 cm³/mol. The predicted octanol–water partition coefficient (Wildman–Crippen LogP) is 3.64. The van der Waals surface area contributed by atoms with Crippen LogP contribution in [0, 0.1) is 0 Å². The number of unbranched alkanes of at least 4 members (excludes halogenated alkanes) is 1. The summed E-state index contributed by atoms with van der Waals surface area (Å²) in [6.45, 7) is 4.21. The number of nitrogens with zero attached hydrogens (tertiary/aromatic N) is 1. The topological polar surface area (TPSA) is 102 Å². The summed E-state index contributed by atoms with van der Waals surface area (Å²) in [5.41, 5.74) is 0.990. The van der Waals surface area contributed by atoms with Crippen LogP contribution < -0.4 is 4.72 Å². The van der Waals surface area contributed by atoms with E-state index in [1.54, 1.807) is 11.0 Å². The van der Waals surface area contributed by atoms with E-state index in [9.17, 15) is 18.0 Å². The number of rotatable bonds is 9. The van der Waals surface area contributed by atoms with Crippen molar-refractivity contribution in [2.75, 3.05) is 43.9 Å². The fourth-order valence-electron chi connectivity index (χ4n) is 3.24. The van der Waals surface area contributed by atoms with Gasteiger partial charge in [-0.3, -0.25) is 9.52 Å². The van der Waals surface area contributed by atoms with E-state index in [0.29, 0.717) is 54.6 Å². The number of esters is 1. The van der Waals surface area contributed by atoms with Crippen molar-refractivity contribution in [2.24, 2.45) is 0 Å². The van der Waals surface area contributed by atoms with Gasteiger partial charge in [-0.2, -0.15) is 0 Å². The molecule has 0 unspecified atom stereocenters. The Morgan fingerprint density at radius 2 is 1.82 bits per heavy atom. The lowest BCUT2D eigenvalue weighted by Crippen LogP contribution is -2.40. The molecule has 1 aliphatic rings. The van der Waals surface area contributed by atoms with Crippen LogP contribution in [0.25, 0.3) is 0 Å². The number of hydrogen-bond donors (Lipinski definition) is 1. The molecule has 2 aromatic carbocycles. The fraction of sp³-hybridized carbons (Fsp3) is 0.391. The highest BCUT2D eigenvalue weighted by Crippen LogP contribution is 2.26. The van der Waals surface area contributed by atoms with Crippen LogP contribution in [0.15, 0.2) is 52.3 Å². The molecule has 10 heteroatoms. The van der Waals surface area contributed by atoms with Crippen LogP contribution in [0.2, 0.25) is 0 Å². The van der Waals surface area contributed by atoms with Gasteiger partial charge >= 0.3 is 5.97 Å². The van der Waals surface area contributed by atoms with Gasteiger partial charge in [0, 0.05) is 23.7 Å². The Bertz CT molecular complexity index is 1080. The first-order valence-corrected chi connectivity index (χ1v) is 13.4. The van der Waals surface area contributed by atoms with Crippen molar-refractivity contribution in [2.45, 2.75) is 29.6 Å². The maximum atomic E-state index is 13.0. The van der Waals surface area contributed by atoms with Crippen molar-refractivity contribution in [3.63, 3.8) is 0 Å². The van der Waals surface area contributed by atoms with Crippen LogP contribution in [0.5, 0.6) is 0 Å². The summed E-state index contributed by atoms with van der Waals surface area (Å²) in [6, 6.07) is 10.6. The molecule has 1 N–H and O–H groups in total. The van der Waals surface area contributed by atoms with Gasteiger partial charge in [0.2, 0.25) is 0 Å². The van der Waals surface area contributed by atoms with Crippen LogP contribution >= 0.6 is 11.8 Å². The van der Waals surface area contributed by atoms with Crippen molar-refractivity contribution in [1.29, 1.82) is 0 Å². The Morgan fingerprint density at radius 1 is 1.12 bits per heavy atom. The van der Waals surface area contributed by atoms with Crippen molar-refractivity contribution in [3.8, 4) is 0 Å². The van der Waals surface area contributed by atoms with Gasteiger partial charge in [0.15, 0.2) is 0 Å². The van der Waals surface area contributed by atoms with Crippen molar-refractivity contribution >= 4 is 39.3 Å². The molecular weight excluding hydrogens is 464 g/mol. The molecular formula is C23H28N2O6S2. The monoisotopic (exact) mass is 492 g/mol. The van der Waals surface area contributed by atoms with E-state index < -0.39 is 16.0 Å². The second-order valence-corrected chi connectivity index (χ2v) is 9.97. The summed E-state index contributed by atoms with van der Waals surface area (Å²) >= 11 is 1.38. The highest BCUT2D eigenvalue weighted by Gasteiger charge is 2.24. The molecule has 2 aromatic rings. The number of benzene rings is 2. The summed E-state index contributed by atoms with van der Waals surface area (Å²) in [7, 11) is -3.95. The molecule has 0 radical (unpaired) electrons. The van der Waals surface area contributed by atoms with Crippen LogP contribution in [0.4, 0.5) is 5.69 Å². The SMILES string of the molecule is CCCCOC(=O)c1ccc(NS(=O)(=O)c2ccc(SC)c(C(=O)N3CCOCC3)c2)cc1. The lowest BCUT2D eigenvalue weighted by Gasteiger charge is -2.27. The summed E-state index contributed by atoms with van der Waals surface area (Å²) in [5, 5.41) is 0. The summed E-state index contributed by atoms with van der Waals surface area (Å²) in [4.78, 5) is 27.4. The largest absolute Gasteiger partial charge is 0.462 e. The highest BCUT2D eigenvalue weighted by atomic mass is 32.2. The van der Waals surface area contributed by atoms with Crippen LogP contribution in [-0.2, 0) is 19.5 Å². The Labute approximate surface area is 198 Å². The first-order chi connectivity index (χ1) is 15.9. The maximum Gasteiger partial charge on any atom is 0.338 e. The lowest BCUT2D eigenvalue weighted by molar-refractivity contribution is 0.0300. The van der Waals surface area contributed by atoms with E-state index >= 15 is 0 Å². The normalized spacial score (nSPS) is 14.1. The summed E-state index contributed by atoms with van der Waals surface area (Å²) in [5.74, 6) is -0.664. The van der Waals surface area contributed by atoms with E-state index in [2.05, 4.69) is 4.72 Å². The second kappa shape index (κ2) is 11.5. The molecule has 0 aliphatic carbocycles. The van der Waals surface area contributed by atoms with E-state index in [1.807, 2.05) is 13.2 Å². The van der Waals surface area contributed by atoms with Gasteiger partial charge in [-0.1, -0.05) is 13.3 Å². The van der Waals surface area contributed by atoms with Gasteiger partial charge in [-0.25, -0.2) is 13.2 Å². The van der Waals surface area contributed by atoms with E-state index in [1.165, 1.54) is 48.2 Å². The van der Waals surface area contributed by atoms with Gasteiger partial charge in [-0.05, 0) is 55.1 Å². The minimum absolute atomic E-state index is 0.0139. The molecule has 33 heavy (non-hydrogen) atoms.